The van der Waals surface area contributed by atoms with Gasteiger partial charge in [0, 0.05) is 18.3 Å². The lowest BCUT2D eigenvalue weighted by molar-refractivity contribution is -0.137. The van der Waals surface area contributed by atoms with Crippen LogP contribution in [0.3, 0.4) is 0 Å². The zero-order valence-corrected chi connectivity index (χ0v) is 20.2. The molecule has 0 spiro atoms. The molecule has 0 aliphatic rings. The number of hydrogen-bond acceptors (Lipinski definition) is 4. The summed E-state index contributed by atoms with van der Waals surface area (Å²) in [4.78, 5) is 17.4. The van der Waals surface area contributed by atoms with Crippen molar-refractivity contribution in [3.8, 4) is 11.5 Å². The van der Waals surface area contributed by atoms with Crippen LogP contribution in [0.1, 0.15) is 22.7 Å². The maximum absolute atomic E-state index is 13.9. The number of halogens is 3. The number of methoxy groups -OCH3 is 2. The predicted molar refractivity (Wildman–Crippen MR) is 130 cm³/mol. The Morgan fingerprint density at radius 1 is 0.886 bits per heavy atom. The second-order valence-corrected chi connectivity index (χ2v) is 8.25. The molecule has 0 heterocycles. The number of amides is 1. The molecule has 1 unspecified atom stereocenters. The van der Waals surface area contributed by atoms with E-state index in [4.69, 9.17) is 9.47 Å². The average molecular weight is 487 g/mol. The van der Waals surface area contributed by atoms with Gasteiger partial charge in [0.15, 0.2) is 11.5 Å². The van der Waals surface area contributed by atoms with E-state index in [1.807, 2.05) is 49.3 Å². The molecule has 3 aromatic rings. The van der Waals surface area contributed by atoms with E-state index in [1.54, 1.807) is 23.1 Å². The third kappa shape index (κ3) is 6.33. The summed E-state index contributed by atoms with van der Waals surface area (Å²) in [6.07, 6.45) is -4.03. The maximum Gasteiger partial charge on any atom is 0.416 e. The number of rotatable bonds is 9. The molecule has 8 heteroatoms. The zero-order chi connectivity index (χ0) is 25.6. The number of alkyl halides is 3. The van der Waals surface area contributed by atoms with Crippen molar-refractivity contribution in [3.05, 3.63) is 89.5 Å². The van der Waals surface area contributed by atoms with Gasteiger partial charge in [0.2, 0.25) is 5.91 Å². The molecule has 35 heavy (non-hydrogen) atoms. The van der Waals surface area contributed by atoms with Crippen molar-refractivity contribution in [2.75, 3.05) is 39.8 Å². The van der Waals surface area contributed by atoms with E-state index in [0.29, 0.717) is 29.2 Å². The fourth-order valence-electron chi connectivity index (χ4n) is 3.91. The molecule has 0 N–H and O–H groups in total. The first-order valence-corrected chi connectivity index (χ1v) is 11.1. The van der Waals surface area contributed by atoms with Crippen molar-refractivity contribution in [3.63, 3.8) is 0 Å². The molecule has 0 aliphatic carbocycles. The van der Waals surface area contributed by atoms with Gasteiger partial charge >= 0.3 is 6.18 Å². The van der Waals surface area contributed by atoms with Crippen LogP contribution in [0.5, 0.6) is 11.5 Å². The summed E-state index contributed by atoms with van der Waals surface area (Å²) in [5.74, 6) is 0.831. The third-order valence-corrected chi connectivity index (χ3v) is 5.72. The van der Waals surface area contributed by atoms with Gasteiger partial charge in [0.25, 0.3) is 0 Å². The molecule has 3 aromatic carbocycles. The summed E-state index contributed by atoms with van der Waals surface area (Å²) in [6.45, 7) is 0.261. The van der Waals surface area contributed by atoms with Crippen LogP contribution in [0.25, 0.3) is 0 Å². The van der Waals surface area contributed by atoms with Crippen molar-refractivity contribution in [2.24, 2.45) is 0 Å². The smallest absolute Gasteiger partial charge is 0.416 e. The predicted octanol–water partition coefficient (Wildman–Crippen LogP) is 5.60. The molecule has 0 saturated heterocycles. The highest BCUT2D eigenvalue weighted by molar-refractivity contribution is 5.98. The molecular formula is C27H29F3N2O3. The van der Waals surface area contributed by atoms with Crippen LogP contribution >= 0.6 is 0 Å². The summed E-state index contributed by atoms with van der Waals surface area (Å²) in [5.41, 5.74) is 1.42. The zero-order valence-electron chi connectivity index (χ0n) is 20.2. The SMILES string of the molecule is COc1ccc(N(CCc2ccc(C(F)(F)F)cc2)C(=O)C(c2ccccc2)N(C)C)cc1OC. The van der Waals surface area contributed by atoms with Crippen molar-refractivity contribution < 1.29 is 27.4 Å². The monoisotopic (exact) mass is 486 g/mol. The third-order valence-electron chi connectivity index (χ3n) is 5.72. The molecule has 1 amide bonds. The molecule has 1 atom stereocenters. The van der Waals surface area contributed by atoms with Gasteiger partial charge in [0.1, 0.15) is 6.04 Å². The Bertz CT molecular complexity index is 1120. The Balaban J connectivity index is 1.96. The van der Waals surface area contributed by atoms with Gasteiger partial charge in [-0.3, -0.25) is 9.69 Å². The molecule has 0 radical (unpaired) electrons. The fourth-order valence-corrected chi connectivity index (χ4v) is 3.91. The normalized spacial score (nSPS) is 12.3. The Hall–Kier alpha value is -3.52. The van der Waals surface area contributed by atoms with E-state index in [1.165, 1.54) is 26.4 Å². The van der Waals surface area contributed by atoms with E-state index in [2.05, 4.69) is 0 Å². The first kappa shape index (κ1) is 26.1. The summed E-state index contributed by atoms with van der Waals surface area (Å²) < 4.78 is 49.6. The first-order chi connectivity index (χ1) is 16.7. The van der Waals surface area contributed by atoms with E-state index in [0.717, 1.165) is 17.7 Å². The second-order valence-electron chi connectivity index (χ2n) is 8.25. The highest BCUT2D eigenvalue weighted by Crippen LogP contribution is 2.34. The van der Waals surface area contributed by atoms with Gasteiger partial charge in [-0.2, -0.15) is 13.2 Å². The number of benzene rings is 3. The summed E-state index contributed by atoms with van der Waals surface area (Å²) in [5, 5.41) is 0. The number of ether oxygens (including phenoxy) is 2. The van der Waals surface area contributed by atoms with Crippen LogP contribution in [0.2, 0.25) is 0 Å². The number of likely N-dealkylation sites (N-methyl/N-ethyl adjacent to an activating group) is 1. The van der Waals surface area contributed by atoms with Crippen LogP contribution in [-0.2, 0) is 17.4 Å². The molecule has 0 fully saturated rings. The molecule has 0 bridgehead atoms. The molecule has 186 valence electrons. The summed E-state index contributed by atoms with van der Waals surface area (Å²) in [7, 11) is 6.71. The van der Waals surface area contributed by atoms with E-state index >= 15 is 0 Å². The lowest BCUT2D eigenvalue weighted by atomic mass is 10.0. The Kier molecular flexibility index (Phi) is 8.40. The second kappa shape index (κ2) is 11.3. The van der Waals surface area contributed by atoms with Crippen LogP contribution < -0.4 is 14.4 Å². The quantitative estimate of drug-likeness (QED) is 0.395. The number of carbonyl (C=O) groups is 1. The van der Waals surface area contributed by atoms with E-state index in [9.17, 15) is 18.0 Å². The molecule has 0 aliphatic heterocycles. The van der Waals surface area contributed by atoms with E-state index in [-0.39, 0.29) is 12.5 Å². The van der Waals surface area contributed by atoms with Crippen LogP contribution in [0.15, 0.2) is 72.8 Å². The largest absolute Gasteiger partial charge is 0.493 e. The van der Waals surface area contributed by atoms with Gasteiger partial charge in [-0.25, -0.2) is 0 Å². The van der Waals surface area contributed by atoms with Gasteiger partial charge in [-0.05, 0) is 55.9 Å². The molecule has 3 rings (SSSR count). The van der Waals surface area contributed by atoms with Crippen LogP contribution in [0, 0.1) is 0 Å². The first-order valence-electron chi connectivity index (χ1n) is 11.1. The lowest BCUT2D eigenvalue weighted by Crippen LogP contribution is -2.41. The highest BCUT2D eigenvalue weighted by atomic mass is 19.4. The molecule has 0 saturated carbocycles. The van der Waals surface area contributed by atoms with Crippen LogP contribution in [0.4, 0.5) is 18.9 Å². The van der Waals surface area contributed by atoms with Crippen molar-refractivity contribution in [1.29, 1.82) is 0 Å². The minimum Gasteiger partial charge on any atom is -0.493 e. The number of carbonyl (C=O) groups excluding carboxylic acids is 1. The fraction of sp³-hybridized carbons (Fsp3) is 0.296. The summed E-state index contributed by atoms with van der Waals surface area (Å²) >= 11 is 0. The van der Waals surface area contributed by atoms with E-state index < -0.39 is 17.8 Å². The Morgan fingerprint density at radius 3 is 2.06 bits per heavy atom. The lowest BCUT2D eigenvalue weighted by Gasteiger charge is -2.31. The van der Waals surface area contributed by atoms with Crippen molar-refractivity contribution in [1.82, 2.24) is 4.90 Å². The Morgan fingerprint density at radius 2 is 1.51 bits per heavy atom. The topological polar surface area (TPSA) is 42.0 Å². The number of hydrogen-bond donors (Lipinski definition) is 0. The molecular weight excluding hydrogens is 457 g/mol. The minimum absolute atomic E-state index is 0.166. The minimum atomic E-state index is -4.39. The number of anilines is 1. The Labute approximate surface area is 203 Å². The van der Waals surface area contributed by atoms with Gasteiger partial charge in [0.05, 0.1) is 19.8 Å². The highest BCUT2D eigenvalue weighted by Gasteiger charge is 2.31. The summed E-state index contributed by atoms with van der Waals surface area (Å²) in [6, 6.07) is 19.1. The standard InChI is InChI=1S/C27H29F3N2O3/c1-31(2)25(20-8-6-5-7-9-20)26(33)32(22-14-15-23(34-3)24(18-22)35-4)17-16-19-10-12-21(13-11-19)27(28,29)30/h5-15,18,25H,16-17H2,1-4H3. The maximum atomic E-state index is 13.9. The number of nitrogens with zero attached hydrogens (tertiary/aromatic N) is 2. The van der Waals surface area contributed by atoms with Gasteiger partial charge in [-0.15, -0.1) is 0 Å². The van der Waals surface area contributed by atoms with Crippen molar-refractivity contribution in [2.45, 2.75) is 18.6 Å². The van der Waals surface area contributed by atoms with Gasteiger partial charge < -0.3 is 14.4 Å². The average Bonchev–Trinajstić information content (AvgIpc) is 2.84. The molecule has 5 nitrogen and oxygen atoms in total. The van der Waals surface area contributed by atoms with Crippen molar-refractivity contribution >= 4 is 11.6 Å². The molecule has 0 aromatic heterocycles. The van der Waals surface area contributed by atoms with Crippen LogP contribution in [-0.4, -0.2) is 45.7 Å². The van der Waals surface area contributed by atoms with Gasteiger partial charge in [-0.1, -0.05) is 42.5 Å².